The van der Waals surface area contributed by atoms with E-state index in [2.05, 4.69) is 72.0 Å². The standard InChI is InChI=1S/C25H31BN4O2.C5H11N/c1-3-23-27-21-16-30(22-9-5-8-18-7-4-6-17(2)24(18)22)15-12-20(21)25(28-23)29-13-10-19(11-14-29)26(31)32;1-6-4-2-3-5-6/h4-9,19,31-32H,3,10-16H2,1-2H3;2-5H2,1H3. The van der Waals surface area contributed by atoms with Crippen LogP contribution in [0.2, 0.25) is 5.82 Å². The fourth-order valence-corrected chi connectivity index (χ4v) is 6.14. The lowest BCUT2D eigenvalue weighted by atomic mass is 9.67. The van der Waals surface area contributed by atoms with Crippen LogP contribution in [0.4, 0.5) is 11.5 Å². The molecule has 3 aliphatic rings. The van der Waals surface area contributed by atoms with Crippen LogP contribution in [0.3, 0.4) is 0 Å². The zero-order valence-corrected chi connectivity index (χ0v) is 23.2. The fourth-order valence-electron chi connectivity index (χ4n) is 6.14. The van der Waals surface area contributed by atoms with E-state index < -0.39 is 7.12 Å². The average molecular weight is 516 g/mol. The number of piperidine rings is 1. The highest BCUT2D eigenvalue weighted by Gasteiger charge is 2.31. The molecule has 0 radical (unpaired) electrons. The average Bonchev–Trinajstić information content (AvgIpc) is 3.43. The monoisotopic (exact) mass is 515 g/mol. The van der Waals surface area contributed by atoms with Crippen molar-refractivity contribution in [3.05, 3.63) is 59.0 Å². The summed E-state index contributed by atoms with van der Waals surface area (Å²) in [6.07, 6.45) is 6.10. The van der Waals surface area contributed by atoms with Gasteiger partial charge in [-0.25, -0.2) is 9.97 Å². The molecule has 0 unspecified atom stereocenters. The molecule has 6 rings (SSSR count). The summed E-state index contributed by atoms with van der Waals surface area (Å²) in [6.45, 7) is 10.3. The van der Waals surface area contributed by atoms with Crippen molar-refractivity contribution in [1.82, 2.24) is 14.9 Å². The van der Waals surface area contributed by atoms with Gasteiger partial charge in [0.2, 0.25) is 0 Å². The maximum absolute atomic E-state index is 9.55. The van der Waals surface area contributed by atoms with Crippen molar-refractivity contribution >= 4 is 29.4 Å². The van der Waals surface area contributed by atoms with E-state index in [4.69, 9.17) is 9.97 Å². The second-order valence-electron chi connectivity index (χ2n) is 11.1. The first kappa shape index (κ1) is 26.9. The first-order valence-electron chi connectivity index (χ1n) is 14.4. The van der Waals surface area contributed by atoms with Gasteiger partial charge in [0.15, 0.2) is 0 Å². The van der Waals surface area contributed by atoms with Gasteiger partial charge < -0.3 is 24.7 Å². The number of likely N-dealkylation sites (tertiary alicyclic amines) is 1. The van der Waals surface area contributed by atoms with Crippen LogP contribution in [0.15, 0.2) is 36.4 Å². The van der Waals surface area contributed by atoms with E-state index in [1.165, 1.54) is 53.5 Å². The topological polar surface area (TPSA) is 76.0 Å². The smallest absolute Gasteiger partial charge is 0.427 e. The molecular formula is C30H42BN5O2. The van der Waals surface area contributed by atoms with Crippen LogP contribution in [0.1, 0.15) is 55.3 Å². The third-order valence-corrected chi connectivity index (χ3v) is 8.43. The summed E-state index contributed by atoms with van der Waals surface area (Å²) in [4.78, 5) is 17.0. The van der Waals surface area contributed by atoms with Gasteiger partial charge in [-0.1, -0.05) is 37.3 Å². The van der Waals surface area contributed by atoms with Gasteiger partial charge in [-0.15, -0.1) is 0 Å². The quantitative estimate of drug-likeness (QED) is 0.504. The van der Waals surface area contributed by atoms with E-state index in [0.29, 0.717) is 0 Å². The molecule has 2 aromatic carbocycles. The number of hydrogen-bond donors (Lipinski definition) is 2. The van der Waals surface area contributed by atoms with Crippen LogP contribution in [0, 0.1) is 6.92 Å². The summed E-state index contributed by atoms with van der Waals surface area (Å²) in [6, 6.07) is 13.1. The Labute approximate surface area is 227 Å². The fraction of sp³-hybridized carbons (Fsp3) is 0.533. The van der Waals surface area contributed by atoms with Crippen molar-refractivity contribution in [1.29, 1.82) is 0 Å². The lowest BCUT2D eigenvalue weighted by molar-refractivity contribution is 0.364. The van der Waals surface area contributed by atoms with Crippen LogP contribution >= 0.6 is 0 Å². The number of anilines is 2. The van der Waals surface area contributed by atoms with Crippen molar-refractivity contribution < 1.29 is 10.0 Å². The molecule has 8 heteroatoms. The van der Waals surface area contributed by atoms with E-state index in [1.54, 1.807) is 0 Å². The summed E-state index contributed by atoms with van der Waals surface area (Å²) >= 11 is 0. The predicted octanol–water partition coefficient (Wildman–Crippen LogP) is 4.22. The Bertz CT molecular complexity index is 1230. The summed E-state index contributed by atoms with van der Waals surface area (Å²) in [7, 11) is 0.952. The van der Waals surface area contributed by atoms with Crippen LogP contribution < -0.4 is 9.80 Å². The lowest BCUT2D eigenvalue weighted by Gasteiger charge is -2.37. The third-order valence-electron chi connectivity index (χ3n) is 8.43. The molecule has 0 spiro atoms. The van der Waals surface area contributed by atoms with Gasteiger partial charge in [-0.3, -0.25) is 0 Å². The largest absolute Gasteiger partial charge is 0.454 e. The molecule has 0 aliphatic carbocycles. The Hall–Kier alpha value is -2.68. The minimum atomic E-state index is -1.22. The Balaban J connectivity index is 0.000000433. The van der Waals surface area contributed by atoms with Crippen LogP contribution in [-0.2, 0) is 19.4 Å². The number of fused-ring (bicyclic) bond motifs is 2. The van der Waals surface area contributed by atoms with Crippen molar-refractivity contribution in [2.45, 2.75) is 64.7 Å². The summed E-state index contributed by atoms with van der Waals surface area (Å²) in [5.41, 5.74) is 4.98. The van der Waals surface area contributed by atoms with E-state index in [0.717, 1.165) is 69.2 Å². The second kappa shape index (κ2) is 12.0. The molecule has 2 fully saturated rings. The molecule has 0 bridgehead atoms. The zero-order chi connectivity index (χ0) is 26.6. The van der Waals surface area contributed by atoms with Gasteiger partial charge >= 0.3 is 7.12 Å². The molecule has 4 heterocycles. The molecular weight excluding hydrogens is 473 g/mol. The Kier molecular flexibility index (Phi) is 8.51. The lowest BCUT2D eigenvalue weighted by Crippen LogP contribution is -2.39. The highest BCUT2D eigenvalue weighted by atomic mass is 16.4. The second-order valence-corrected chi connectivity index (χ2v) is 11.1. The molecule has 38 heavy (non-hydrogen) atoms. The first-order valence-corrected chi connectivity index (χ1v) is 14.4. The number of nitrogens with zero attached hydrogens (tertiary/aromatic N) is 5. The Morgan fingerprint density at radius 3 is 2.26 bits per heavy atom. The molecule has 3 aromatic rings. The molecule has 0 amide bonds. The van der Waals surface area contributed by atoms with Gasteiger partial charge in [0.25, 0.3) is 0 Å². The van der Waals surface area contributed by atoms with E-state index in [9.17, 15) is 10.0 Å². The van der Waals surface area contributed by atoms with Gasteiger partial charge in [-0.05, 0) is 82.0 Å². The number of rotatable bonds is 4. The minimum Gasteiger partial charge on any atom is -0.427 e. The predicted molar refractivity (Wildman–Crippen MR) is 157 cm³/mol. The molecule has 3 aliphatic heterocycles. The number of benzene rings is 2. The molecule has 2 N–H and O–H groups in total. The maximum Gasteiger partial charge on any atom is 0.454 e. The van der Waals surface area contributed by atoms with E-state index in [1.807, 2.05) is 0 Å². The van der Waals surface area contributed by atoms with Crippen LogP contribution in [0.5, 0.6) is 0 Å². The number of aryl methyl sites for hydroxylation is 2. The Morgan fingerprint density at radius 2 is 1.63 bits per heavy atom. The summed E-state index contributed by atoms with van der Waals surface area (Å²) < 4.78 is 0. The van der Waals surface area contributed by atoms with E-state index in [-0.39, 0.29) is 5.82 Å². The van der Waals surface area contributed by atoms with Gasteiger partial charge in [0, 0.05) is 42.7 Å². The maximum atomic E-state index is 9.55. The molecule has 2 saturated heterocycles. The zero-order valence-electron chi connectivity index (χ0n) is 23.2. The normalized spacial score (nSPS) is 18.3. The summed E-state index contributed by atoms with van der Waals surface area (Å²) in [5.74, 6) is 1.91. The molecule has 1 aromatic heterocycles. The highest BCUT2D eigenvalue weighted by molar-refractivity contribution is 6.43. The van der Waals surface area contributed by atoms with Crippen molar-refractivity contribution in [3.8, 4) is 0 Å². The number of aromatic nitrogens is 2. The summed E-state index contributed by atoms with van der Waals surface area (Å²) in [5, 5.41) is 21.7. The van der Waals surface area contributed by atoms with Crippen molar-refractivity contribution in [2.24, 2.45) is 0 Å². The molecule has 202 valence electrons. The highest BCUT2D eigenvalue weighted by Crippen LogP contribution is 2.36. The molecule has 0 atom stereocenters. The third kappa shape index (κ3) is 5.82. The van der Waals surface area contributed by atoms with Gasteiger partial charge in [-0.2, -0.15) is 0 Å². The first-order chi connectivity index (χ1) is 18.4. The Morgan fingerprint density at radius 1 is 0.921 bits per heavy atom. The van der Waals surface area contributed by atoms with Crippen molar-refractivity contribution in [3.63, 3.8) is 0 Å². The van der Waals surface area contributed by atoms with E-state index >= 15 is 0 Å². The van der Waals surface area contributed by atoms with Crippen LogP contribution in [-0.4, -0.2) is 71.8 Å². The molecule has 7 nitrogen and oxygen atoms in total. The number of hydrogen-bond acceptors (Lipinski definition) is 7. The van der Waals surface area contributed by atoms with Crippen LogP contribution in [0.25, 0.3) is 10.8 Å². The SMILES string of the molecule is CCc1nc2c(c(N3CCC(B(O)O)CC3)n1)CCN(c1cccc3cccc(C)c13)C2.CN1CCCC1. The molecule has 0 saturated carbocycles. The van der Waals surface area contributed by atoms with Gasteiger partial charge in [0.05, 0.1) is 12.2 Å². The minimum absolute atomic E-state index is 0.0420. The van der Waals surface area contributed by atoms with Crippen molar-refractivity contribution in [2.75, 3.05) is 49.6 Å². The van der Waals surface area contributed by atoms with Gasteiger partial charge in [0.1, 0.15) is 11.6 Å².